The molecule has 2 rings (SSSR count). The van der Waals surface area contributed by atoms with E-state index in [2.05, 4.69) is 5.32 Å². The zero-order chi connectivity index (χ0) is 15.6. The molecule has 0 aliphatic rings. The Morgan fingerprint density at radius 1 is 1.38 bits per heavy atom. The fourth-order valence-corrected chi connectivity index (χ4v) is 3.07. The Morgan fingerprint density at radius 2 is 2.05 bits per heavy atom. The lowest BCUT2D eigenvalue weighted by molar-refractivity contribution is 0.0557. The summed E-state index contributed by atoms with van der Waals surface area (Å²) in [6.45, 7) is 5.70. The Kier molecular flexibility index (Phi) is 4.71. The first-order valence-corrected chi connectivity index (χ1v) is 7.88. The van der Waals surface area contributed by atoms with E-state index in [9.17, 15) is 9.90 Å². The van der Waals surface area contributed by atoms with Gasteiger partial charge in [-0.25, -0.2) is 0 Å². The van der Waals surface area contributed by atoms with E-state index >= 15 is 0 Å². The van der Waals surface area contributed by atoms with Crippen molar-refractivity contribution in [3.05, 3.63) is 56.2 Å². The summed E-state index contributed by atoms with van der Waals surface area (Å²) in [7, 11) is 0. The van der Waals surface area contributed by atoms with Gasteiger partial charge >= 0.3 is 0 Å². The molecule has 2 aromatic rings. The molecule has 2 N–H and O–H groups in total. The minimum atomic E-state index is -1.09. The quantitative estimate of drug-likeness (QED) is 0.902. The number of hydrogen-bond acceptors (Lipinski definition) is 3. The van der Waals surface area contributed by atoms with Gasteiger partial charge in [-0.2, -0.15) is 0 Å². The number of aliphatic hydroxyl groups is 1. The number of nitrogens with one attached hydrogen (secondary N) is 1. The van der Waals surface area contributed by atoms with Crippen LogP contribution in [0.15, 0.2) is 29.6 Å². The maximum Gasteiger partial charge on any atom is 0.252 e. The molecule has 5 heteroatoms. The van der Waals surface area contributed by atoms with Crippen LogP contribution in [0.1, 0.15) is 33.3 Å². The van der Waals surface area contributed by atoms with Gasteiger partial charge in [0, 0.05) is 4.88 Å². The molecule has 112 valence electrons. The Hall–Kier alpha value is -1.36. The summed E-state index contributed by atoms with van der Waals surface area (Å²) >= 11 is 7.58. The summed E-state index contributed by atoms with van der Waals surface area (Å²) in [6, 6.07) is 7.27. The molecule has 0 saturated carbocycles. The highest BCUT2D eigenvalue weighted by Crippen LogP contribution is 2.25. The summed E-state index contributed by atoms with van der Waals surface area (Å²) in [5.74, 6) is -0.278. The van der Waals surface area contributed by atoms with Gasteiger partial charge in [0.1, 0.15) is 5.60 Å². The van der Waals surface area contributed by atoms with Crippen LogP contribution >= 0.6 is 22.9 Å². The summed E-state index contributed by atoms with van der Waals surface area (Å²) in [6.07, 6.45) is 0. The van der Waals surface area contributed by atoms with Crippen molar-refractivity contribution < 1.29 is 9.90 Å². The molecule has 1 heterocycles. The molecule has 3 nitrogen and oxygen atoms in total. The normalized spacial score (nSPS) is 13.8. The van der Waals surface area contributed by atoms with Crippen LogP contribution in [0.2, 0.25) is 5.02 Å². The first kappa shape index (κ1) is 16.0. The number of benzene rings is 1. The number of amides is 1. The maximum absolute atomic E-state index is 12.2. The van der Waals surface area contributed by atoms with Gasteiger partial charge < -0.3 is 10.4 Å². The fourth-order valence-electron chi connectivity index (χ4n) is 1.97. The predicted octanol–water partition coefficient (Wildman–Crippen LogP) is 3.66. The second kappa shape index (κ2) is 6.18. The smallest absolute Gasteiger partial charge is 0.252 e. The monoisotopic (exact) mass is 323 g/mol. The van der Waals surface area contributed by atoms with Crippen molar-refractivity contribution in [1.29, 1.82) is 0 Å². The Labute approximate surface area is 133 Å². The van der Waals surface area contributed by atoms with Crippen LogP contribution in [0, 0.1) is 13.8 Å². The van der Waals surface area contributed by atoms with Crippen molar-refractivity contribution in [2.45, 2.75) is 26.4 Å². The number of hydrogen-bond donors (Lipinski definition) is 2. The van der Waals surface area contributed by atoms with Gasteiger partial charge in [-0.05, 0) is 55.5 Å². The van der Waals surface area contributed by atoms with Crippen molar-refractivity contribution in [3.8, 4) is 0 Å². The van der Waals surface area contributed by atoms with E-state index in [4.69, 9.17) is 11.6 Å². The molecule has 1 unspecified atom stereocenters. The zero-order valence-corrected chi connectivity index (χ0v) is 13.8. The van der Waals surface area contributed by atoms with Crippen LogP contribution in [0.25, 0.3) is 0 Å². The lowest BCUT2D eigenvalue weighted by atomic mass is 10.0. The van der Waals surface area contributed by atoms with Crippen molar-refractivity contribution in [3.63, 3.8) is 0 Å². The highest BCUT2D eigenvalue weighted by Gasteiger charge is 2.25. The number of halogens is 1. The molecule has 0 aliphatic carbocycles. The molecule has 0 fully saturated rings. The first-order valence-electron chi connectivity index (χ1n) is 6.62. The predicted molar refractivity (Wildman–Crippen MR) is 87.1 cm³/mol. The summed E-state index contributed by atoms with van der Waals surface area (Å²) in [5, 5.41) is 15.5. The van der Waals surface area contributed by atoms with Gasteiger partial charge in [-0.3, -0.25) is 4.79 Å². The van der Waals surface area contributed by atoms with Crippen LogP contribution < -0.4 is 5.32 Å². The van der Waals surface area contributed by atoms with E-state index in [-0.39, 0.29) is 12.5 Å². The third-order valence-electron chi connectivity index (χ3n) is 3.47. The molecule has 0 saturated heterocycles. The lowest BCUT2D eigenvalue weighted by Gasteiger charge is -2.22. The third-order valence-corrected chi connectivity index (χ3v) is 4.91. The van der Waals surface area contributed by atoms with Crippen LogP contribution in [0.5, 0.6) is 0 Å². The molecule has 1 atom stereocenters. The molecule has 1 aromatic carbocycles. The molecule has 1 aromatic heterocycles. The molecule has 0 radical (unpaired) electrons. The molecule has 0 aliphatic heterocycles. The fraction of sp³-hybridized carbons (Fsp3) is 0.312. The van der Waals surface area contributed by atoms with Gasteiger partial charge in [0.05, 0.1) is 17.1 Å². The van der Waals surface area contributed by atoms with Gasteiger partial charge in [0.2, 0.25) is 0 Å². The average Bonchev–Trinajstić information content (AvgIpc) is 2.95. The number of carbonyl (C=O) groups excluding carboxylic acids is 1. The van der Waals surface area contributed by atoms with Gasteiger partial charge in [-0.15, -0.1) is 11.3 Å². The van der Waals surface area contributed by atoms with E-state index < -0.39 is 5.60 Å². The zero-order valence-electron chi connectivity index (χ0n) is 12.2. The molecular formula is C16H18ClNO2S. The average molecular weight is 324 g/mol. The standard InChI is InChI=1S/C16H18ClNO2S/c1-10-7-12(13(17)8-11(10)2)15(19)18-9-16(3,20)14-5-4-6-21-14/h4-8,20H,9H2,1-3H3,(H,18,19). The number of thiophene rings is 1. The van der Waals surface area contributed by atoms with Crippen molar-refractivity contribution in [2.24, 2.45) is 0 Å². The van der Waals surface area contributed by atoms with Crippen molar-refractivity contribution in [2.75, 3.05) is 6.54 Å². The summed E-state index contributed by atoms with van der Waals surface area (Å²) in [4.78, 5) is 13.1. The molecule has 1 amide bonds. The number of carbonyl (C=O) groups is 1. The van der Waals surface area contributed by atoms with Gasteiger partial charge in [0.25, 0.3) is 5.91 Å². The molecule has 0 bridgehead atoms. The maximum atomic E-state index is 12.2. The molecule has 21 heavy (non-hydrogen) atoms. The van der Waals surface area contributed by atoms with Crippen LogP contribution in [0.4, 0.5) is 0 Å². The summed E-state index contributed by atoms with van der Waals surface area (Å²) < 4.78 is 0. The van der Waals surface area contributed by atoms with Crippen molar-refractivity contribution >= 4 is 28.8 Å². The van der Waals surface area contributed by atoms with E-state index in [1.54, 1.807) is 19.1 Å². The second-order valence-electron chi connectivity index (χ2n) is 5.35. The minimum absolute atomic E-state index is 0.135. The van der Waals surface area contributed by atoms with Gasteiger partial charge in [0.15, 0.2) is 0 Å². The first-order chi connectivity index (χ1) is 9.81. The minimum Gasteiger partial charge on any atom is -0.383 e. The highest BCUT2D eigenvalue weighted by atomic mass is 35.5. The third kappa shape index (κ3) is 3.64. The van der Waals surface area contributed by atoms with Crippen molar-refractivity contribution in [1.82, 2.24) is 5.32 Å². The second-order valence-corrected chi connectivity index (χ2v) is 6.71. The Bertz CT molecular complexity index is 651. The lowest BCUT2D eigenvalue weighted by Crippen LogP contribution is -2.38. The number of rotatable bonds is 4. The largest absolute Gasteiger partial charge is 0.383 e. The van der Waals surface area contributed by atoms with Crippen LogP contribution in [-0.4, -0.2) is 17.6 Å². The van der Waals surface area contributed by atoms with Crippen LogP contribution in [-0.2, 0) is 5.60 Å². The Balaban J connectivity index is 2.11. The topological polar surface area (TPSA) is 49.3 Å². The summed E-state index contributed by atoms with van der Waals surface area (Å²) in [5.41, 5.74) is 1.40. The van der Waals surface area contributed by atoms with Crippen LogP contribution in [0.3, 0.4) is 0 Å². The van der Waals surface area contributed by atoms with E-state index in [1.165, 1.54) is 11.3 Å². The molecular weight excluding hydrogens is 306 g/mol. The number of aryl methyl sites for hydroxylation is 2. The van der Waals surface area contributed by atoms with E-state index in [1.807, 2.05) is 31.4 Å². The highest BCUT2D eigenvalue weighted by molar-refractivity contribution is 7.10. The molecule has 0 spiro atoms. The Morgan fingerprint density at radius 3 is 2.67 bits per heavy atom. The van der Waals surface area contributed by atoms with E-state index in [0.717, 1.165) is 16.0 Å². The SMILES string of the molecule is Cc1cc(Cl)c(C(=O)NCC(C)(O)c2cccs2)cc1C. The van der Waals surface area contributed by atoms with Gasteiger partial charge in [-0.1, -0.05) is 17.7 Å². The van der Waals surface area contributed by atoms with E-state index in [0.29, 0.717) is 10.6 Å².